The van der Waals surface area contributed by atoms with Crippen molar-refractivity contribution in [1.29, 1.82) is 0 Å². The van der Waals surface area contributed by atoms with E-state index in [4.69, 9.17) is 5.11 Å². The summed E-state index contributed by atoms with van der Waals surface area (Å²) in [7, 11) is 0. The van der Waals surface area contributed by atoms with Crippen molar-refractivity contribution in [3.05, 3.63) is 53.9 Å². The Kier molecular flexibility index (Phi) is 3.66. The van der Waals surface area contributed by atoms with Gasteiger partial charge in [0.25, 0.3) is 0 Å². The Balaban J connectivity index is 1.75. The Hall–Kier alpha value is -1.92. The van der Waals surface area contributed by atoms with Crippen molar-refractivity contribution in [2.24, 2.45) is 0 Å². The molecule has 4 nitrogen and oxygen atoms in total. The summed E-state index contributed by atoms with van der Waals surface area (Å²) in [4.78, 5) is 19.5. The molecular weight excluding hydrogens is 292 g/mol. The average molecular weight is 302 g/mol. The normalized spacial score (nSPS) is 10.8. The minimum Gasteiger partial charge on any atom is -0.477 e. The summed E-state index contributed by atoms with van der Waals surface area (Å²) in [6, 6.07) is 13.0. The van der Waals surface area contributed by atoms with Crippen LogP contribution in [-0.4, -0.2) is 21.0 Å². The van der Waals surface area contributed by atoms with Gasteiger partial charge in [0.05, 0.1) is 15.9 Å². The first kappa shape index (κ1) is 13.1. The van der Waals surface area contributed by atoms with Gasteiger partial charge in [0.1, 0.15) is 5.69 Å². The summed E-state index contributed by atoms with van der Waals surface area (Å²) in [5.74, 6) is -0.391. The molecule has 100 valence electrons. The van der Waals surface area contributed by atoms with Crippen molar-refractivity contribution in [3.8, 4) is 0 Å². The number of hydrogen-bond acceptors (Lipinski definition) is 5. The lowest BCUT2D eigenvalue weighted by Gasteiger charge is -1.99. The fourth-order valence-electron chi connectivity index (χ4n) is 1.73. The molecule has 0 aliphatic rings. The van der Waals surface area contributed by atoms with Crippen LogP contribution in [0.2, 0.25) is 0 Å². The van der Waals surface area contributed by atoms with Gasteiger partial charge >= 0.3 is 5.97 Å². The number of thiazole rings is 1. The molecule has 0 amide bonds. The van der Waals surface area contributed by atoms with Crippen molar-refractivity contribution in [3.63, 3.8) is 0 Å². The second-order valence-electron chi connectivity index (χ2n) is 4.06. The highest BCUT2D eigenvalue weighted by Crippen LogP contribution is 2.30. The molecule has 0 aliphatic carbocycles. The topological polar surface area (TPSA) is 63.1 Å². The van der Waals surface area contributed by atoms with Crippen LogP contribution in [-0.2, 0) is 5.75 Å². The van der Waals surface area contributed by atoms with E-state index in [-0.39, 0.29) is 5.69 Å². The van der Waals surface area contributed by atoms with Gasteiger partial charge in [-0.1, -0.05) is 30.0 Å². The van der Waals surface area contributed by atoms with Crippen LogP contribution in [0.5, 0.6) is 0 Å². The zero-order valence-electron chi connectivity index (χ0n) is 10.3. The van der Waals surface area contributed by atoms with Crippen LogP contribution in [0.25, 0.3) is 10.2 Å². The third kappa shape index (κ3) is 2.81. The smallest absolute Gasteiger partial charge is 0.354 e. The molecule has 0 saturated heterocycles. The number of pyridine rings is 1. The molecule has 3 rings (SSSR count). The number of nitrogens with zero attached hydrogens (tertiary/aromatic N) is 2. The van der Waals surface area contributed by atoms with Crippen LogP contribution in [0.3, 0.4) is 0 Å². The quantitative estimate of drug-likeness (QED) is 0.745. The lowest BCUT2D eigenvalue weighted by atomic mass is 10.3. The van der Waals surface area contributed by atoms with Crippen molar-refractivity contribution < 1.29 is 9.90 Å². The van der Waals surface area contributed by atoms with E-state index < -0.39 is 5.97 Å². The van der Waals surface area contributed by atoms with E-state index in [0.717, 1.165) is 20.3 Å². The number of aromatic carboxylic acids is 1. The molecule has 0 aliphatic heterocycles. The molecule has 1 N–H and O–H groups in total. The van der Waals surface area contributed by atoms with Crippen molar-refractivity contribution in [2.45, 2.75) is 10.1 Å². The van der Waals surface area contributed by atoms with Gasteiger partial charge in [-0.25, -0.2) is 14.8 Å². The molecule has 0 fully saturated rings. The number of hydrogen-bond donors (Lipinski definition) is 1. The lowest BCUT2D eigenvalue weighted by Crippen LogP contribution is -2.01. The van der Waals surface area contributed by atoms with Crippen LogP contribution >= 0.6 is 23.1 Å². The Morgan fingerprint density at radius 1 is 1.15 bits per heavy atom. The summed E-state index contributed by atoms with van der Waals surface area (Å²) >= 11 is 3.21. The molecule has 1 aromatic carbocycles. The predicted octanol–water partition coefficient (Wildman–Crippen LogP) is 3.68. The van der Waals surface area contributed by atoms with Crippen LogP contribution in [0.15, 0.2) is 46.8 Å². The maximum absolute atomic E-state index is 10.9. The minimum atomic E-state index is -1.00. The van der Waals surface area contributed by atoms with E-state index in [9.17, 15) is 4.79 Å². The van der Waals surface area contributed by atoms with E-state index in [1.54, 1.807) is 29.2 Å². The fourth-order valence-corrected chi connectivity index (χ4v) is 3.70. The second-order valence-corrected chi connectivity index (χ2v) is 6.31. The van der Waals surface area contributed by atoms with E-state index in [1.807, 2.05) is 30.3 Å². The highest BCUT2D eigenvalue weighted by atomic mass is 32.2. The summed E-state index contributed by atoms with van der Waals surface area (Å²) in [6.45, 7) is 0. The Labute approximate surface area is 123 Å². The molecular formula is C14H10N2O2S2. The summed E-state index contributed by atoms with van der Waals surface area (Å²) < 4.78 is 2.12. The van der Waals surface area contributed by atoms with Gasteiger partial charge < -0.3 is 5.11 Å². The number of thioether (sulfide) groups is 1. The number of para-hydroxylation sites is 1. The number of aromatic nitrogens is 2. The van der Waals surface area contributed by atoms with E-state index in [2.05, 4.69) is 9.97 Å². The predicted molar refractivity (Wildman–Crippen MR) is 80.4 cm³/mol. The first-order valence-electron chi connectivity index (χ1n) is 5.90. The molecule has 2 heterocycles. The highest BCUT2D eigenvalue weighted by Gasteiger charge is 2.07. The molecule has 0 unspecified atom stereocenters. The van der Waals surface area contributed by atoms with Crippen LogP contribution in [0.1, 0.15) is 16.2 Å². The lowest BCUT2D eigenvalue weighted by molar-refractivity contribution is 0.0690. The minimum absolute atomic E-state index is 0.0763. The standard InChI is InChI=1S/C14H10N2O2S2/c17-13(18)11-6-3-4-9(15-11)8-19-14-16-10-5-1-2-7-12(10)20-14/h1-7H,8H2,(H,17,18). The molecule has 2 aromatic heterocycles. The van der Waals surface area contributed by atoms with Crippen molar-refractivity contribution in [1.82, 2.24) is 9.97 Å². The van der Waals surface area contributed by atoms with Gasteiger partial charge in [0, 0.05) is 5.75 Å². The maximum Gasteiger partial charge on any atom is 0.354 e. The van der Waals surface area contributed by atoms with Gasteiger partial charge in [-0.2, -0.15) is 0 Å². The first-order chi connectivity index (χ1) is 9.72. The largest absolute Gasteiger partial charge is 0.477 e. The van der Waals surface area contributed by atoms with Crippen LogP contribution in [0.4, 0.5) is 0 Å². The van der Waals surface area contributed by atoms with Crippen LogP contribution in [0, 0.1) is 0 Å². The summed E-state index contributed by atoms with van der Waals surface area (Å²) in [6.07, 6.45) is 0. The first-order valence-corrected chi connectivity index (χ1v) is 7.70. The zero-order valence-corrected chi connectivity index (χ0v) is 11.9. The molecule has 6 heteroatoms. The number of carbonyl (C=O) groups is 1. The second kappa shape index (κ2) is 5.60. The van der Waals surface area contributed by atoms with E-state index in [1.165, 1.54) is 6.07 Å². The monoisotopic (exact) mass is 302 g/mol. The molecule has 20 heavy (non-hydrogen) atoms. The number of carboxylic acid groups (broad SMARTS) is 1. The summed E-state index contributed by atoms with van der Waals surface area (Å²) in [5, 5.41) is 8.91. The fraction of sp³-hybridized carbons (Fsp3) is 0.0714. The molecule has 0 bridgehead atoms. The Bertz CT molecular complexity index is 737. The van der Waals surface area contributed by atoms with Gasteiger partial charge in [0.15, 0.2) is 4.34 Å². The molecule has 0 atom stereocenters. The van der Waals surface area contributed by atoms with Crippen molar-refractivity contribution >= 4 is 39.3 Å². The highest BCUT2D eigenvalue weighted by molar-refractivity contribution is 8.00. The number of fused-ring (bicyclic) bond motifs is 1. The summed E-state index contributed by atoms with van der Waals surface area (Å²) in [5.41, 5.74) is 1.81. The van der Waals surface area contributed by atoms with Crippen LogP contribution < -0.4 is 0 Å². The van der Waals surface area contributed by atoms with E-state index in [0.29, 0.717) is 5.75 Å². The Morgan fingerprint density at radius 3 is 2.80 bits per heavy atom. The number of rotatable bonds is 4. The third-order valence-corrected chi connectivity index (χ3v) is 4.86. The van der Waals surface area contributed by atoms with Gasteiger partial charge in [-0.3, -0.25) is 0 Å². The SMILES string of the molecule is O=C(O)c1cccc(CSc2nc3ccccc3s2)n1. The molecule has 0 spiro atoms. The average Bonchev–Trinajstić information content (AvgIpc) is 2.88. The van der Waals surface area contributed by atoms with E-state index >= 15 is 0 Å². The zero-order chi connectivity index (χ0) is 13.9. The van der Waals surface area contributed by atoms with Gasteiger partial charge in [-0.05, 0) is 24.3 Å². The Morgan fingerprint density at radius 2 is 2.00 bits per heavy atom. The number of carboxylic acids is 1. The number of benzene rings is 1. The maximum atomic E-state index is 10.9. The molecule has 3 aromatic rings. The third-order valence-electron chi connectivity index (χ3n) is 2.64. The molecule has 0 saturated carbocycles. The van der Waals surface area contributed by atoms with Gasteiger partial charge in [0.2, 0.25) is 0 Å². The van der Waals surface area contributed by atoms with Crippen molar-refractivity contribution in [2.75, 3.05) is 0 Å². The molecule has 0 radical (unpaired) electrons. The van der Waals surface area contributed by atoms with Gasteiger partial charge in [-0.15, -0.1) is 11.3 Å².